The zero-order valence-electron chi connectivity index (χ0n) is 26.3. The third-order valence-corrected chi connectivity index (χ3v) is 12.9. The topological polar surface area (TPSA) is 3.24 Å². The quantitative estimate of drug-likeness (QED) is 0.134. The molecule has 2 heteroatoms. The van der Waals surface area contributed by atoms with Gasteiger partial charge >= 0.3 is 281 Å². The predicted octanol–water partition coefficient (Wildman–Crippen LogP) is 12.3. The van der Waals surface area contributed by atoms with Crippen LogP contribution >= 0.6 is 0 Å². The summed E-state index contributed by atoms with van der Waals surface area (Å²) in [6.45, 7) is 4.71. The number of hydrogen-bond acceptors (Lipinski definition) is 1. The number of nitrogens with zero attached hydrogens (tertiary/aromatic N) is 1. The fourth-order valence-corrected chi connectivity index (χ4v) is 10.8. The predicted molar refractivity (Wildman–Crippen MR) is 203 cm³/mol. The molecule has 0 saturated carbocycles. The van der Waals surface area contributed by atoms with E-state index in [1.165, 1.54) is 90.9 Å². The van der Waals surface area contributed by atoms with E-state index in [1.54, 1.807) is 0 Å². The molecule has 8 aromatic carbocycles. The van der Waals surface area contributed by atoms with E-state index in [4.69, 9.17) is 0 Å². The van der Waals surface area contributed by atoms with E-state index in [1.807, 2.05) is 0 Å². The molecule has 1 heterocycles. The monoisotopic (exact) mass is 665 g/mol. The zero-order chi connectivity index (χ0) is 31.3. The van der Waals surface area contributed by atoms with E-state index in [2.05, 4.69) is 170 Å². The van der Waals surface area contributed by atoms with Crippen LogP contribution in [0.25, 0.3) is 62.7 Å². The second-order valence-corrected chi connectivity index (χ2v) is 15.6. The fraction of sp³-hybridized carbons (Fsp3) is 0.0667. The summed E-state index contributed by atoms with van der Waals surface area (Å²) < 4.78 is 2.96. The van der Waals surface area contributed by atoms with Crippen molar-refractivity contribution in [3.8, 4) is 11.1 Å². The summed E-state index contributed by atoms with van der Waals surface area (Å²) in [5.74, 6) is 0. The third kappa shape index (κ3) is 3.96. The Morgan fingerprint density at radius 1 is 0.447 bits per heavy atom. The van der Waals surface area contributed by atoms with Crippen molar-refractivity contribution in [2.24, 2.45) is 0 Å². The van der Waals surface area contributed by atoms with Gasteiger partial charge in [-0.05, 0) is 0 Å². The van der Waals surface area contributed by atoms with Gasteiger partial charge in [0.05, 0.1) is 0 Å². The van der Waals surface area contributed by atoms with Crippen LogP contribution in [0.2, 0.25) is 0 Å². The first-order chi connectivity index (χ1) is 23.0. The van der Waals surface area contributed by atoms with Crippen molar-refractivity contribution in [1.29, 1.82) is 0 Å². The Kier molecular flexibility index (Phi) is 5.71. The normalized spacial score (nSPS) is 13.5. The first kappa shape index (κ1) is 27.0. The van der Waals surface area contributed by atoms with E-state index in [9.17, 15) is 0 Å². The van der Waals surface area contributed by atoms with Crippen molar-refractivity contribution in [3.63, 3.8) is 0 Å². The summed E-state index contributed by atoms with van der Waals surface area (Å²) in [5, 5.41) is 10.7. The Labute approximate surface area is 280 Å². The first-order valence-electron chi connectivity index (χ1n) is 16.3. The van der Waals surface area contributed by atoms with Crippen LogP contribution in [0, 0.1) is 0 Å². The van der Waals surface area contributed by atoms with Crippen molar-refractivity contribution in [3.05, 3.63) is 163 Å². The van der Waals surface area contributed by atoms with Crippen LogP contribution in [-0.2, 0) is 5.41 Å². The summed E-state index contributed by atoms with van der Waals surface area (Å²) >= 11 is 0.195. The molecule has 0 amide bonds. The van der Waals surface area contributed by atoms with Gasteiger partial charge in [0.2, 0.25) is 0 Å². The Bertz CT molecular complexity index is 2730. The molecule has 1 aromatic heterocycles. The molecule has 1 aliphatic rings. The molecule has 1 aliphatic carbocycles. The van der Waals surface area contributed by atoms with Gasteiger partial charge in [0, 0.05) is 0 Å². The molecule has 9 aromatic rings. The fourth-order valence-electron chi connectivity index (χ4n) is 8.06. The second kappa shape index (κ2) is 9.93. The molecule has 0 N–H and O–H groups in total. The Morgan fingerprint density at radius 2 is 1.06 bits per heavy atom. The average molecular weight is 665 g/mol. The minimum absolute atomic E-state index is 0.0208. The van der Waals surface area contributed by atoms with E-state index in [0.29, 0.717) is 0 Å². The van der Waals surface area contributed by atoms with Crippen molar-refractivity contribution < 1.29 is 0 Å². The third-order valence-electron chi connectivity index (χ3n) is 10.4. The summed E-state index contributed by atoms with van der Waals surface area (Å²) in [7, 11) is 0. The van der Waals surface area contributed by atoms with Gasteiger partial charge in [0.1, 0.15) is 0 Å². The summed E-state index contributed by atoms with van der Waals surface area (Å²) in [5.41, 5.74) is 9.03. The van der Waals surface area contributed by atoms with Crippen LogP contribution in [-0.4, -0.2) is 14.5 Å². The van der Waals surface area contributed by atoms with Crippen molar-refractivity contribution in [2.75, 3.05) is 4.90 Å². The number of hydrogen-bond donors (Lipinski definition) is 0. The molecular formula is C45H31NSe. The molecular weight excluding hydrogens is 633 g/mol. The first-order valence-corrected chi connectivity index (χ1v) is 18.1. The van der Waals surface area contributed by atoms with Gasteiger partial charge in [-0.2, -0.15) is 0 Å². The van der Waals surface area contributed by atoms with Crippen LogP contribution < -0.4 is 4.90 Å². The molecule has 0 atom stereocenters. The molecule has 47 heavy (non-hydrogen) atoms. The Hall–Kier alpha value is -5.14. The Morgan fingerprint density at radius 3 is 1.98 bits per heavy atom. The molecule has 0 saturated heterocycles. The van der Waals surface area contributed by atoms with Gasteiger partial charge in [-0.25, -0.2) is 0 Å². The van der Waals surface area contributed by atoms with Crippen LogP contribution in [0.5, 0.6) is 0 Å². The molecule has 0 bridgehead atoms. The number of anilines is 3. The van der Waals surface area contributed by atoms with Gasteiger partial charge < -0.3 is 0 Å². The molecule has 0 radical (unpaired) electrons. The summed E-state index contributed by atoms with van der Waals surface area (Å²) in [6.07, 6.45) is 0. The van der Waals surface area contributed by atoms with Crippen LogP contribution in [0.15, 0.2) is 152 Å². The van der Waals surface area contributed by atoms with Gasteiger partial charge in [-0.3, -0.25) is 0 Å². The van der Waals surface area contributed by atoms with E-state index < -0.39 is 0 Å². The van der Waals surface area contributed by atoms with Gasteiger partial charge in [0.15, 0.2) is 0 Å². The van der Waals surface area contributed by atoms with E-state index in [0.717, 1.165) is 0 Å². The van der Waals surface area contributed by atoms with Crippen LogP contribution in [0.1, 0.15) is 25.0 Å². The molecule has 0 spiro atoms. The number of benzene rings is 8. The zero-order valence-corrected chi connectivity index (χ0v) is 28.0. The second-order valence-electron chi connectivity index (χ2n) is 13.4. The SMILES string of the molecule is CC1(C)c2ccccc2-c2cc(N(c3ccc4ccccc4c3)c3ccc4c(c3)[se]c3c4ccc4ccc5ccccc5c43)ccc21. The minimum atomic E-state index is -0.0208. The number of rotatable bonds is 3. The number of fused-ring (bicyclic) bond motifs is 11. The van der Waals surface area contributed by atoms with Crippen molar-refractivity contribution >= 4 is 83.2 Å². The molecule has 0 aliphatic heterocycles. The molecule has 0 fully saturated rings. The van der Waals surface area contributed by atoms with E-state index >= 15 is 0 Å². The summed E-state index contributed by atoms with van der Waals surface area (Å²) in [4.78, 5) is 2.47. The van der Waals surface area contributed by atoms with Gasteiger partial charge in [-0.1, -0.05) is 0 Å². The maximum atomic E-state index is 2.47. The van der Waals surface area contributed by atoms with E-state index in [-0.39, 0.29) is 19.9 Å². The standard InChI is InChI=1S/C45H31NSe/c1-45(2)40-14-8-7-13-36(40)39-26-33(21-24-41(39)45)46(32-19-17-28-9-3-4-11-31(28)25-32)34-20-23-37-38-22-18-30-16-15-29-10-5-6-12-35(29)43(30)44(38)47-42(37)27-34/h3-27H,1-2H3. The van der Waals surface area contributed by atoms with Crippen LogP contribution in [0.4, 0.5) is 17.1 Å². The average Bonchev–Trinajstić information content (AvgIpc) is 3.60. The molecule has 0 unspecified atom stereocenters. The van der Waals surface area contributed by atoms with Crippen molar-refractivity contribution in [2.45, 2.75) is 19.3 Å². The van der Waals surface area contributed by atoms with Crippen molar-refractivity contribution in [1.82, 2.24) is 0 Å². The summed E-state index contributed by atoms with van der Waals surface area (Å²) in [6, 6.07) is 56.8. The molecule has 1 nitrogen and oxygen atoms in total. The maximum absolute atomic E-state index is 2.47. The Balaban J connectivity index is 1.21. The van der Waals surface area contributed by atoms with Crippen LogP contribution in [0.3, 0.4) is 0 Å². The van der Waals surface area contributed by atoms with Gasteiger partial charge in [0.25, 0.3) is 0 Å². The molecule has 10 rings (SSSR count). The molecule has 222 valence electrons. The van der Waals surface area contributed by atoms with Gasteiger partial charge in [-0.15, -0.1) is 0 Å².